The number of carboxylic acids is 1. The average Bonchev–Trinajstić information content (AvgIpc) is 2.66. The van der Waals surface area contributed by atoms with Gasteiger partial charge >= 0.3 is 11.9 Å². The largest absolute Gasteiger partial charge is 0.481 e. The molecule has 7 heteroatoms. The Morgan fingerprint density at radius 3 is 1.70 bits per heavy atom. The summed E-state index contributed by atoms with van der Waals surface area (Å²) >= 11 is 0. The number of ether oxygens (including phenoxy) is 1. The summed E-state index contributed by atoms with van der Waals surface area (Å²) in [7, 11) is 0. The minimum atomic E-state index is -1.23. The Bertz CT molecular complexity index is 836. The Kier molecular flexibility index (Phi) is 6.96. The molecule has 2 rings (SSSR count). The molecule has 2 aromatic carbocycles. The Morgan fingerprint density at radius 1 is 0.741 bits per heavy atom. The Hall–Kier alpha value is -3.32. The number of carboxylic acid groups (broad SMARTS) is 1. The number of aliphatic carboxylic acids is 1. The van der Waals surface area contributed by atoms with Crippen LogP contribution in [-0.2, 0) is 27.5 Å². The first kappa shape index (κ1) is 20.0. The summed E-state index contributed by atoms with van der Waals surface area (Å²) in [5, 5.41) is 17.6. The number of carbonyl (C=O) groups is 4. The maximum absolute atomic E-state index is 12.1. The van der Waals surface area contributed by atoms with Crippen LogP contribution < -0.4 is 0 Å². The number of benzene rings is 2. The highest BCUT2D eigenvalue weighted by Crippen LogP contribution is 2.11. The normalized spacial score (nSPS) is 10.3. The van der Waals surface area contributed by atoms with E-state index < -0.39 is 36.3 Å². The van der Waals surface area contributed by atoms with Crippen molar-refractivity contribution in [2.24, 2.45) is 0 Å². The van der Waals surface area contributed by atoms with Crippen LogP contribution >= 0.6 is 0 Å². The molecule has 0 radical (unpaired) electrons. The number of hydrogen-bond donors (Lipinski definition) is 2. The molecule has 2 aromatic rings. The third-order valence-corrected chi connectivity index (χ3v) is 3.75. The molecule has 0 amide bonds. The lowest BCUT2D eigenvalue weighted by atomic mass is 10.0. The third-order valence-electron chi connectivity index (χ3n) is 3.75. The highest BCUT2D eigenvalue weighted by Gasteiger charge is 2.15. The van der Waals surface area contributed by atoms with Gasteiger partial charge in [-0.1, -0.05) is 48.5 Å². The highest BCUT2D eigenvalue weighted by molar-refractivity contribution is 6.08. The van der Waals surface area contributed by atoms with Crippen molar-refractivity contribution in [3.8, 4) is 0 Å². The molecule has 0 aliphatic carbocycles. The standard InChI is InChI=1S/C20H18O7/c21-11-13-1-3-14(4-2-13)12-27-20(26)10-18(23)16-7-5-15(6-8-16)17(22)9-19(24)25/h1-8,21H,9-12H2,(H,24,25). The van der Waals surface area contributed by atoms with E-state index in [9.17, 15) is 19.2 Å². The second-order valence-corrected chi connectivity index (χ2v) is 5.81. The Labute approximate surface area is 155 Å². The van der Waals surface area contributed by atoms with Gasteiger partial charge in [0.15, 0.2) is 11.6 Å². The van der Waals surface area contributed by atoms with Crippen LogP contribution in [0.25, 0.3) is 0 Å². The van der Waals surface area contributed by atoms with Gasteiger partial charge in [0, 0.05) is 11.1 Å². The van der Waals surface area contributed by atoms with E-state index in [0.29, 0.717) is 0 Å². The minimum absolute atomic E-state index is 0.0143. The lowest BCUT2D eigenvalue weighted by Gasteiger charge is -2.06. The SMILES string of the molecule is O=C(O)CC(=O)c1ccc(C(=O)CC(=O)OCc2ccc(CO)cc2)cc1. The smallest absolute Gasteiger partial charge is 0.314 e. The molecule has 7 nitrogen and oxygen atoms in total. The molecule has 140 valence electrons. The second-order valence-electron chi connectivity index (χ2n) is 5.81. The van der Waals surface area contributed by atoms with Crippen LogP contribution in [0.4, 0.5) is 0 Å². The van der Waals surface area contributed by atoms with Crippen molar-refractivity contribution in [3.05, 3.63) is 70.8 Å². The first-order chi connectivity index (χ1) is 12.9. The zero-order valence-electron chi connectivity index (χ0n) is 14.4. The molecular formula is C20H18O7. The number of aliphatic hydroxyl groups excluding tert-OH is 1. The van der Waals surface area contributed by atoms with Crippen molar-refractivity contribution in [2.45, 2.75) is 26.1 Å². The van der Waals surface area contributed by atoms with E-state index >= 15 is 0 Å². The van der Waals surface area contributed by atoms with Gasteiger partial charge in [0.05, 0.1) is 6.61 Å². The van der Waals surface area contributed by atoms with E-state index in [1.165, 1.54) is 24.3 Å². The van der Waals surface area contributed by atoms with Crippen molar-refractivity contribution in [3.63, 3.8) is 0 Å². The van der Waals surface area contributed by atoms with Gasteiger partial charge in [-0.25, -0.2) is 0 Å². The summed E-state index contributed by atoms with van der Waals surface area (Å²) in [5.74, 6) is -2.94. The topological polar surface area (TPSA) is 118 Å². The lowest BCUT2D eigenvalue weighted by molar-refractivity contribution is -0.143. The molecule has 27 heavy (non-hydrogen) atoms. The van der Waals surface area contributed by atoms with E-state index in [2.05, 4.69) is 0 Å². The van der Waals surface area contributed by atoms with Crippen molar-refractivity contribution in [1.29, 1.82) is 0 Å². The van der Waals surface area contributed by atoms with Gasteiger partial charge in [-0.15, -0.1) is 0 Å². The summed E-state index contributed by atoms with van der Waals surface area (Å²) in [6, 6.07) is 12.3. The number of hydrogen-bond acceptors (Lipinski definition) is 6. The Morgan fingerprint density at radius 2 is 1.22 bits per heavy atom. The summed E-state index contributed by atoms with van der Waals surface area (Å²) in [5.41, 5.74) is 1.88. The molecule has 0 atom stereocenters. The maximum Gasteiger partial charge on any atom is 0.314 e. The van der Waals surface area contributed by atoms with Crippen LogP contribution in [0.3, 0.4) is 0 Å². The highest BCUT2D eigenvalue weighted by atomic mass is 16.5. The monoisotopic (exact) mass is 370 g/mol. The Balaban J connectivity index is 1.87. The van der Waals surface area contributed by atoms with Crippen LogP contribution in [0.5, 0.6) is 0 Å². The molecule has 0 aromatic heterocycles. The minimum Gasteiger partial charge on any atom is -0.481 e. The van der Waals surface area contributed by atoms with E-state index in [-0.39, 0.29) is 24.3 Å². The van der Waals surface area contributed by atoms with Gasteiger partial charge in [-0.05, 0) is 11.1 Å². The lowest BCUT2D eigenvalue weighted by Crippen LogP contribution is -2.12. The molecular weight excluding hydrogens is 352 g/mol. The van der Waals surface area contributed by atoms with Crippen LogP contribution in [0.1, 0.15) is 44.7 Å². The van der Waals surface area contributed by atoms with E-state index in [1.807, 2.05) is 0 Å². The van der Waals surface area contributed by atoms with Gasteiger partial charge in [-0.2, -0.15) is 0 Å². The molecule has 0 saturated carbocycles. The number of rotatable bonds is 9. The number of aliphatic hydroxyl groups is 1. The molecule has 0 bridgehead atoms. The second kappa shape index (κ2) is 9.40. The summed E-state index contributed by atoms with van der Waals surface area (Å²) in [6.45, 7) is -0.0598. The number of carbonyl (C=O) groups excluding carboxylic acids is 3. The average molecular weight is 370 g/mol. The van der Waals surface area contributed by atoms with Gasteiger partial charge in [0.1, 0.15) is 19.4 Å². The molecule has 0 unspecified atom stereocenters. The first-order valence-corrected chi connectivity index (χ1v) is 8.11. The zero-order valence-corrected chi connectivity index (χ0v) is 14.4. The van der Waals surface area contributed by atoms with Gasteiger partial charge in [0.2, 0.25) is 0 Å². The van der Waals surface area contributed by atoms with Crippen LogP contribution in [0, 0.1) is 0 Å². The quantitative estimate of drug-likeness (QED) is 0.394. The van der Waals surface area contributed by atoms with Crippen LogP contribution in [0.15, 0.2) is 48.5 Å². The fraction of sp³-hybridized carbons (Fsp3) is 0.200. The number of ketones is 2. The number of esters is 1. The van der Waals surface area contributed by atoms with E-state index in [0.717, 1.165) is 11.1 Å². The summed E-state index contributed by atoms with van der Waals surface area (Å²) in [6.07, 6.45) is -1.07. The maximum atomic E-state index is 12.1. The molecule has 0 spiro atoms. The van der Waals surface area contributed by atoms with Crippen molar-refractivity contribution in [1.82, 2.24) is 0 Å². The van der Waals surface area contributed by atoms with Gasteiger partial charge in [-0.3, -0.25) is 19.2 Å². The van der Waals surface area contributed by atoms with Crippen molar-refractivity contribution in [2.75, 3.05) is 0 Å². The fourth-order valence-corrected chi connectivity index (χ4v) is 2.27. The summed E-state index contributed by atoms with van der Waals surface area (Å²) in [4.78, 5) is 46.1. The van der Waals surface area contributed by atoms with Crippen LogP contribution in [-0.4, -0.2) is 33.7 Å². The molecule has 0 saturated heterocycles. The van der Waals surface area contributed by atoms with Gasteiger partial charge in [0.25, 0.3) is 0 Å². The predicted octanol–water partition coefficient (Wildman–Crippen LogP) is 2.15. The summed E-state index contributed by atoms with van der Waals surface area (Å²) < 4.78 is 5.06. The first-order valence-electron chi connectivity index (χ1n) is 8.11. The number of Topliss-reactive ketones (excluding diaryl/α,β-unsaturated/α-hetero) is 2. The van der Waals surface area contributed by atoms with Crippen molar-refractivity contribution < 1.29 is 34.1 Å². The fourth-order valence-electron chi connectivity index (χ4n) is 2.27. The molecule has 0 fully saturated rings. The third kappa shape index (κ3) is 6.16. The molecule has 2 N–H and O–H groups in total. The predicted molar refractivity (Wildman–Crippen MR) is 94.1 cm³/mol. The molecule has 0 heterocycles. The van der Waals surface area contributed by atoms with Gasteiger partial charge < -0.3 is 14.9 Å². The van der Waals surface area contributed by atoms with E-state index in [1.54, 1.807) is 24.3 Å². The van der Waals surface area contributed by atoms with E-state index in [4.69, 9.17) is 14.9 Å². The molecule has 0 aliphatic heterocycles. The zero-order chi connectivity index (χ0) is 19.8. The van der Waals surface area contributed by atoms with Crippen LogP contribution in [0.2, 0.25) is 0 Å². The molecule has 0 aliphatic rings. The van der Waals surface area contributed by atoms with Crippen molar-refractivity contribution >= 4 is 23.5 Å².